The molecule has 0 radical (unpaired) electrons. The van der Waals surface area contributed by atoms with Crippen molar-refractivity contribution in [1.29, 1.82) is 0 Å². The number of carbonyl (C=O) groups is 4. The highest BCUT2D eigenvalue weighted by Gasteiger charge is 2.52. The lowest BCUT2D eigenvalue weighted by molar-refractivity contribution is -0.189. The van der Waals surface area contributed by atoms with Crippen molar-refractivity contribution in [2.24, 2.45) is 5.41 Å². The molecule has 0 atom stereocenters. The Kier molecular flexibility index (Phi) is 4.01. The molecule has 138 valence electrons. The summed E-state index contributed by atoms with van der Waals surface area (Å²) in [5.41, 5.74) is -1.26. The van der Waals surface area contributed by atoms with E-state index in [1.165, 1.54) is 17.0 Å². The van der Waals surface area contributed by atoms with Gasteiger partial charge in [-0.25, -0.2) is 9.59 Å². The first kappa shape index (κ1) is 17.9. The van der Waals surface area contributed by atoms with Gasteiger partial charge >= 0.3 is 12.1 Å². The second-order valence-corrected chi connectivity index (χ2v) is 7.73. The van der Waals surface area contributed by atoms with Crippen LogP contribution < -0.4 is 0 Å². The van der Waals surface area contributed by atoms with Crippen molar-refractivity contribution < 1.29 is 28.8 Å². The number of ether oxygens (including phenoxy) is 1. The first-order valence-corrected chi connectivity index (χ1v) is 8.20. The number of hydroxylamine groups is 2. The van der Waals surface area contributed by atoms with Crippen LogP contribution in [0.5, 0.6) is 0 Å². The van der Waals surface area contributed by atoms with Crippen LogP contribution in [0.25, 0.3) is 0 Å². The largest absolute Gasteiger partial charge is 0.444 e. The van der Waals surface area contributed by atoms with Crippen molar-refractivity contribution in [3.8, 4) is 0 Å². The average molecular weight is 360 g/mol. The van der Waals surface area contributed by atoms with Crippen LogP contribution in [-0.4, -0.2) is 52.5 Å². The Labute approximate surface area is 150 Å². The molecule has 0 bridgehead atoms. The lowest BCUT2D eigenvalue weighted by Crippen LogP contribution is -2.62. The van der Waals surface area contributed by atoms with Crippen LogP contribution in [0.3, 0.4) is 0 Å². The molecule has 0 unspecified atom stereocenters. The maximum atomic E-state index is 12.5. The van der Waals surface area contributed by atoms with Crippen molar-refractivity contribution >= 4 is 23.9 Å². The standard InChI is InChI=1S/C18H20N2O6/c1-17(2,3)25-16(24)19-9-18(4,10-19)15(23)26-20-13(21)11-7-5-6-8-12(11)14(20)22/h5-8H,9-10H2,1-4H3. The van der Waals surface area contributed by atoms with Gasteiger partial charge in [0, 0.05) is 13.1 Å². The minimum atomic E-state index is -1.01. The Morgan fingerprint density at radius 1 is 1.04 bits per heavy atom. The van der Waals surface area contributed by atoms with Gasteiger partial charge in [0.25, 0.3) is 11.8 Å². The van der Waals surface area contributed by atoms with Gasteiger partial charge in [-0.15, -0.1) is 0 Å². The summed E-state index contributed by atoms with van der Waals surface area (Å²) < 4.78 is 5.24. The number of hydrogen-bond donors (Lipinski definition) is 0. The Morgan fingerprint density at radius 2 is 1.54 bits per heavy atom. The molecule has 1 aromatic rings. The molecule has 2 aliphatic heterocycles. The summed E-state index contributed by atoms with van der Waals surface area (Å²) in [7, 11) is 0. The van der Waals surface area contributed by atoms with Gasteiger partial charge in [0.15, 0.2) is 0 Å². The van der Waals surface area contributed by atoms with Crippen LogP contribution in [0.4, 0.5) is 4.79 Å². The van der Waals surface area contributed by atoms with Crippen LogP contribution in [0.15, 0.2) is 24.3 Å². The van der Waals surface area contributed by atoms with E-state index in [1.54, 1.807) is 39.8 Å². The third-order valence-corrected chi connectivity index (χ3v) is 4.16. The number of rotatable bonds is 2. The molecule has 1 aromatic carbocycles. The summed E-state index contributed by atoms with van der Waals surface area (Å²) in [5.74, 6) is -2.09. The average Bonchev–Trinajstić information content (AvgIpc) is 2.75. The Hall–Kier alpha value is -2.90. The second-order valence-electron chi connectivity index (χ2n) is 7.73. The highest BCUT2D eigenvalue weighted by molar-refractivity contribution is 6.20. The third kappa shape index (κ3) is 3.02. The molecule has 1 saturated heterocycles. The quantitative estimate of drug-likeness (QED) is 0.749. The highest BCUT2D eigenvalue weighted by Crippen LogP contribution is 2.34. The van der Waals surface area contributed by atoms with Gasteiger partial charge in [-0.05, 0) is 39.8 Å². The fourth-order valence-electron chi connectivity index (χ4n) is 2.82. The van der Waals surface area contributed by atoms with Crippen LogP contribution in [0.1, 0.15) is 48.4 Å². The molecule has 0 N–H and O–H groups in total. The molecule has 2 aliphatic rings. The summed E-state index contributed by atoms with van der Waals surface area (Å²) in [4.78, 5) is 55.4. The summed E-state index contributed by atoms with van der Waals surface area (Å²) >= 11 is 0. The van der Waals surface area contributed by atoms with Crippen molar-refractivity contribution in [1.82, 2.24) is 9.96 Å². The van der Waals surface area contributed by atoms with E-state index in [1.807, 2.05) is 0 Å². The van der Waals surface area contributed by atoms with Gasteiger partial charge in [0.05, 0.1) is 11.1 Å². The molecule has 26 heavy (non-hydrogen) atoms. The van der Waals surface area contributed by atoms with Crippen molar-refractivity contribution in [3.63, 3.8) is 0 Å². The molecule has 2 heterocycles. The summed E-state index contributed by atoms with van der Waals surface area (Å²) in [5, 5.41) is 0.481. The van der Waals surface area contributed by atoms with Crippen LogP contribution in [0.2, 0.25) is 0 Å². The number of hydrogen-bond acceptors (Lipinski definition) is 6. The third-order valence-electron chi connectivity index (χ3n) is 4.16. The van der Waals surface area contributed by atoms with Gasteiger partial charge in [0.1, 0.15) is 11.0 Å². The predicted molar refractivity (Wildman–Crippen MR) is 88.9 cm³/mol. The Morgan fingerprint density at radius 3 is 2.00 bits per heavy atom. The maximum Gasteiger partial charge on any atom is 0.410 e. The fourth-order valence-corrected chi connectivity index (χ4v) is 2.82. The van der Waals surface area contributed by atoms with Crippen molar-refractivity contribution in [2.75, 3.05) is 13.1 Å². The van der Waals surface area contributed by atoms with Gasteiger partial charge in [-0.1, -0.05) is 17.2 Å². The van der Waals surface area contributed by atoms with Crippen molar-refractivity contribution in [3.05, 3.63) is 35.4 Å². The first-order valence-electron chi connectivity index (χ1n) is 8.20. The zero-order valence-electron chi connectivity index (χ0n) is 15.1. The molecular formula is C18H20N2O6. The van der Waals surface area contributed by atoms with Gasteiger partial charge in [0.2, 0.25) is 0 Å². The second kappa shape index (κ2) is 5.82. The SMILES string of the molecule is CC(C)(C)OC(=O)N1CC(C)(C(=O)ON2C(=O)c3ccccc3C2=O)C1. The molecule has 0 saturated carbocycles. The van der Waals surface area contributed by atoms with E-state index in [4.69, 9.17) is 9.57 Å². The topological polar surface area (TPSA) is 93.2 Å². The van der Waals surface area contributed by atoms with E-state index in [9.17, 15) is 19.2 Å². The van der Waals surface area contributed by atoms with E-state index in [-0.39, 0.29) is 24.2 Å². The normalized spacial score (nSPS) is 18.3. The molecular weight excluding hydrogens is 340 g/mol. The molecule has 1 fully saturated rings. The molecule has 0 aromatic heterocycles. The number of imide groups is 1. The molecule has 0 spiro atoms. The first-order chi connectivity index (χ1) is 12.0. The highest BCUT2D eigenvalue weighted by atomic mass is 16.7. The Bertz CT molecular complexity index is 769. The molecule has 8 heteroatoms. The molecule has 8 nitrogen and oxygen atoms in total. The van der Waals surface area contributed by atoms with Crippen LogP contribution in [0, 0.1) is 5.41 Å². The number of benzene rings is 1. The predicted octanol–water partition coefficient (Wildman–Crippen LogP) is 2.00. The minimum absolute atomic E-state index is 0.0872. The molecule has 0 aliphatic carbocycles. The van der Waals surface area contributed by atoms with Crippen molar-refractivity contribution in [2.45, 2.75) is 33.3 Å². The zero-order valence-corrected chi connectivity index (χ0v) is 15.1. The lowest BCUT2D eigenvalue weighted by atomic mass is 9.82. The van der Waals surface area contributed by atoms with E-state index in [2.05, 4.69) is 0 Å². The number of likely N-dealkylation sites (tertiary alicyclic amines) is 1. The monoisotopic (exact) mass is 360 g/mol. The molecule has 3 rings (SSSR count). The lowest BCUT2D eigenvalue weighted by Gasteiger charge is -2.45. The van der Waals surface area contributed by atoms with E-state index in [0.717, 1.165) is 0 Å². The van der Waals surface area contributed by atoms with Crippen LogP contribution >= 0.6 is 0 Å². The minimum Gasteiger partial charge on any atom is -0.444 e. The van der Waals surface area contributed by atoms with Gasteiger partial charge in [-0.2, -0.15) is 0 Å². The number of amides is 3. The summed E-state index contributed by atoms with van der Waals surface area (Å²) in [6.07, 6.45) is -0.525. The number of nitrogens with zero attached hydrogens (tertiary/aromatic N) is 2. The molecule has 3 amide bonds. The smallest absolute Gasteiger partial charge is 0.410 e. The fraction of sp³-hybridized carbons (Fsp3) is 0.444. The summed E-state index contributed by atoms with van der Waals surface area (Å²) in [6, 6.07) is 6.25. The van der Waals surface area contributed by atoms with Gasteiger partial charge in [-0.3, -0.25) is 9.59 Å². The van der Waals surface area contributed by atoms with Gasteiger partial charge < -0.3 is 14.5 Å². The van der Waals surface area contributed by atoms with E-state index in [0.29, 0.717) is 5.06 Å². The Balaban J connectivity index is 1.63. The van der Waals surface area contributed by atoms with E-state index < -0.39 is 34.9 Å². The summed E-state index contributed by atoms with van der Waals surface area (Å²) in [6.45, 7) is 7.03. The number of carbonyl (C=O) groups excluding carboxylic acids is 4. The zero-order chi connectivity index (χ0) is 19.3. The maximum absolute atomic E-state index is 12.5. The van der Waals surface area contributed by atoms with Crippen LogP contribution in [-0.2, 0) is 14.4 Å². The van der Waals surface area contributed by atoms with E-state index >= 15 is 0 Å². The number of fused-ring (bicyclic) bond motifs is 1.